The number of aryl methyl sites for hydroxylation is 4. The first-order chi connectivity index (χ1) is 16.5. The molecule has 2 heterocycles. The summed E-state index contributed by atoms with van der Waals surface area (Å²) in [6.07, 6.45) is 1.35. The summed E-state index contributed by atoms with van der Waals surface area (Å²) >= 11 is 0. The largest absolute Gasteiger partial charge is 0.493 e. The SMILES string of the molecule is Cc1ccc(N2CC(c3nc4ccccc4n3CCCOc3c(C)cccc3C)CC2=O)cc1. The third kappa shape index (κ3) is 4.30. The number of hydrogen-bond donors (Lipinski definition) is 0. The van der Waals surface area contributed by atoms with Crippen LogP contribution in [0.15, 0.2) is 66.7 Å². The molecule has 0 N–H and O–H groups in total. The summed E-state index contributed by atoms with van der Waals surface area (Å²) in [5, 5.41) is 0. The number of carbonyl (C=O) groups is 1. The number of fused-ring (bicyclic) bond motifs is 1. The minimum absolute atomic E-state index is 0.0701. The van der Waals surface area contributed by atoms with Crippen LogP contribution in [0.2, 0.25) is 0 Å². The minimum Gasteiger partial charge on any atom is -0.493 e. The number of rotatable bonds is 7. The third-order valence-electron chi connectivity index (χ3n) is 6.70. The lowest BCUT2D eigenvalue weighted by Crippen LogP contribution is -2.24. The molecular weight excluding hydrogens is 422 g/mol. The molecular formula is C29H31N3O2. The number of imidazole rings is 1. The van der Waals surface area contributed by atoms with Gasteiger partial charge in [0.15, 0.2) is 0 Å². The molecule has 0 aliphatic carbocycles. The Bertz CT molecular complexity index is 1300. The van der Waals surface area contributed by atoms with E-state index in [-0.39, 0.29) is 11.8 Å². The van der Waals surface area contributed by atoms with Crippen LogP contribution in [0.5, 0.6) is 5.75 Å². The Morgan fingerprint density at radius 2 is 1.68 bits per heavy atom. The van der Waals surface area contributed by atoms with Gasteiger partial charge in [0, 0.05) is 31.1 Å². The highest BCUT2D eigenvalue weighted by molar-refractivity contribution is 5.96. The molecule has 5 heteroatoms. The number of nitrogens with zero attached hydrogens (tertiary/aromatic N) is 3. The second-order valence-corrected chi connectivity index (χ2v) is 9.27. The molecule has 1 aliphatic rings. The van der Waals surface area contributed by atoms with Crippen LogP contribution < -0.4 is 9.64 Å². The van der Waals surface area contributed by atoms with Gasteiger partial charge in [-0.1, -0.05) is 48.0 Å². The van der Waals surface area contributed by atoms with Crippen molar-refractivity contribution in [2.45, 2.75) is 46.1 Å². The Hall–Kier alpha value is -3.60. The van der Waals surface area contributed by atoms with Crippen molar-refractivity contribution in [3.63, 3.8) is 0 Å². The van der Waals surface area contributed by atoms with Crippen LogP contribution in [0.25, 0.3) is 11.0 Å². The highest BCUT2D eigenvalue weighted by Gasteiger charge is 2.34. The first-order valence-electron chi connectivity index (χ1n) is 12.0. The first kappa shape index (κ1) is 22.2. The zero-order valence-electron chi connectivity index (χ0n) is 20.1. The van der Waals surface area contributed by atoms with Gasteiger partial charge in [0.2, 0.25) is 5.91 Å². The molecule has 3 aromatic carbocycles. The molecule has 1 aromatic heterocycles. The Morgan fingerprint density at radius 3 is 2.44 bits per heavy atom. The monoisotopic (exact) mass is 453 g/mol. The van der Waals surface area contributed by atoms with Crippen molar-refractivity contribution in [3.8, 4) is 5.75 Å². The summed E-state index contributed by atoms with van der Waals surface area (Å²) in [4.78, 5) is 19.8. The van der Waals surface area contributed by atoms with E-state index in [1.807, 2.05) is 23.1 Å². The summed E-state index contributed by atoms with van der Waals surface area (Å²) in [5.74, 6) is 2.20. The first-order valence-corrected chi connectivity index (χ1v) is 12.0. The standard InChI is InChI=1S/C29H31N3O2/c1-20-12-14-24(15-13-20)32-19-23(18-27(32)33)29-30-25-10-4-5-11-26(25)31(29)16-7-17-34-28-21(2)8-6-9-22(28)3/h4-6,8-15,23H,7,16-19H2,1-3H3. The molecule has 0 saturated carbocycles. The van der Waals surface area contributed by atoms with Gasteiger partial charge in [0.1, 0.15) is 11.6 Å². The second kappa shape index (κ2) is 9.34. The smallest absolute Gasteiger partial charge is 0.227 e. The predicted molar refractivity (Wildman–Crippen MR) is 137 cm³/mol. The summed E-state index contributed by atoms with van der Waals surface area (Å²) in [5.41, 5.74) is 6.57. The van der Waals surface area contributed by atoms with Gasteiger partial charge < -0.3 is 14.2 Å². The van der Waals surface area contributed by atoms with Crippen LogP contribution in [0, 0.1) is 20.8 Å². The topological polar surface area (TPSA) is 47.4 Å². The maximum absolute atomic E-state index is 12.9. The quantitative estimate of drug-likeness (QED) is 0.325. The van der Waals surface area contributed by atoms with Gasteiger partial charge in [-0.3, -0.25) is 4.79 Å². The number of carbonyl (C=O) groups excluding carboxylic acids is 1. The average Bonchev–Trinajstić information content (AvgIpc) is 3.39. The van der Waals surface area contributed by atoms with Gasteiger partial charge in [-0.2, -0.15) is 0 Å². The average molecular weight is 454 g/mol. The van der Waals surface area contributed by atoms with E-state index in [1.165, 1.54) is 5.56 Å². The van der Waals surface area contributed by atoms with Crippen LogP contribution in [-0.4, -0.2) is 28.6 Å². The number of ether oxygens (including phenoxy) is 1. The van der Waals surface area contributed by atoms with Crippen molar-refractivity contribution >= 4 is 22.6 Å². The van der Waals surface area contributed by atoms with Gasteiger partial charge >= 0.3 is 0 Å². The van der Waals surface area contributed by atoms with E-state index in [1.54, 1.807) is 0 Å². The van der Waals surface area contributed by atoms with E-state index < -0.39 is 0 Å². The molecule has 0 bridgehead atoms. The van der Waals surface area contributed by atoms with Crippen LogP contribution in [0.3, 0.4) is 0 Å². The zero-order valence-corrected chi connectivity index (χ0v) is 20.1. The van der Waals surface area contributed by atoms with E-state index in [0.29, 0.717) is 19.6 Å². The Morgan fingerprint density at radius 1 is 0.941 bits per heavy atom. The number of anilines is 1. The molecule has 1 aliphatic heterocycles. The minimum atomic E-state index is 0.0701. The lowest BCUT2D eigenvalue weighted by Gasteiger charge is -2.18. The normalized spacial score (nSPS) is 15.9. The summed E-state index contributed by atoms with van der Waals surface area (Å²) in [6, 6.07) is 22.6. The fourth-order valence-electron chi connectivity index (χ4n) is 4.92. The van der Waals surface area contributed by atoms with Gasteiger partial charge in [-0.15, -0.1) is 0 Å². The van der Waals surface area contributed by atoms with Crippen LogP contribution in [0.4, 0.5) is 5.69 Å². The van der Waals surface area contributed by atoms with E-state index in [2.05, 4.69) is 73.9 Å². The Balaban J connectivity index is 1.35. The molecule has 4 aromatic rings. The molecule has 0 radical (unpaired) electrons. The van der Waals surface area contributed by atoms with Gasteiger partial charge in [-0.25, -0.2) is 4.98 Å². The van der Waals surface area contributed by atoms with Gasteiger partial charge in [0.25, 0.3) is 0 Å². The van der Waals surface area contributed by atoms with Crippen LogP contribution in [-0.2, 0) is 11.3 Å². The lowest BCUT2D eigenvalue weighted by molar-refractivity contribution is -0.117. The van der Waals surface area contributed by atoms with Gasteiger partial charge in [-0.05, 0) is 62.6 Å². The van der Waals surface area contributed by atoms with Crippen molar-refractivity contribution in [2.75, 3.05) is 18.1 Å². The Kier molecular flexibility index (Phi) is 6.10. The molecule has 5 nitrogen and oxygen atoms in total. The number of para-hydroxylation sites is 3. The summed E-state index contributed by atoms with van der Waals surface area (Å²) in [6.45, 7) is 8.32. The molecule has 34 heavy (non-hydrogen) atoms. The van der Waals surface area contributed by atoms with Crippen molar-refractivity contribution in [3.05, 3.63) is 89.2 Å². The molecule has 0 spiro atoms. The predicted octanol–water partition coefficient (Wildman–Crippen LogP) is 5.95. The van der Waals surface area contributed by atoms with E-state index in [9.17, 15) is 4.79 Å². The van der Waals surface area contributed by atoms with Crippen LogP contribution >= 0.6 is 0 Å². The Labute approximate surface area is 201 Å². The van der Waals surface area contributed by atoms with Crippen molar-refractivity contribution in [1.82, 2.24) is 9.55 Å². The highest BCUT2D eigenvalue weighted by atomic mass is 16.5. The number of benzene rings is 3. The molecule has 1 amide bonds. The zero-order chi connectivity index (χ0) is 23.7. The van der Waals surface area contributed by atoms with E-state index >= 15 is 0 Å². The van der Waals surface area contributed by atoms with E-state index in [4.69, 9.17) is 9.72 Å². The fourth-order valence-corrected chi connectivity index (χ4v) is 4.92. The third-order valence-corrected chi connectivity index (χ3v) is 6.70. The fraction of sp³-hybridized carbons (Fsp3) is 0.310. The van der Waals surface area contributed by atoms with Crippen molar-refractivity contribution in [2.24, 2.45) is 0 Å². The molecule has 1 saturated heterocycles. The van der Waals surface area contributed by atoms with Gasteiger partial charge in [0.05, 0.1) is 17.6 Å². The molecule has 1 unspecified atom stereocenters. The van der Waals surface area contributed by atoms with Crippen molar-refractivity contribution in [1.29, 1.82) is 0 Å². The second-order valence-electron chi connectivity index (χ2n) is 9.27. The number of hydrogen-bond acceptors (Lipinski definition) is 3. The molecule has 1 fully saturated rings. The molecule has 174 valence electrons. The maximum atomic E-state index is 12.9. The molecule has 1 atom stereocenters. The summed E-state index contributed by atoms with van der Waals surface area (Å²) in [7, 11) is 0. The number of aromatic nitrogens is 2. The van der Waals surface area contributed by atoms with Crippen LogP contribution in [0.1, 0.15) is 41.3 Å². The lowest BCUT2D eigenvalue weighted by atomic mass is 10.1. The molecule has 5 rings (SSSR count). The highest BCUT2D eigenvalue weighted by Crippen LogP contribution is 2.33. The van der Waals surface area contributed by atoms with E-state index in [0.717, 1.165) is 52.4 Å². The summed E-state index contributed by atoms with van der Waals surface area (Å²) < 4.78 is 8.44. The number of amides is 1. The maximum Gasteiger partial charge on any atom is 0.227 e. The van der Waals surface area contributed by atoms with Crippen molar-refractivity contribution < 1.29 is 9.53 Å².